The fourth-order valence-corrected chi connectivity index (χ4v) is 2.62. The van der Waals surface area contributed by atoms with Crippen LogP contribution >= 0.6 is 0 Å². The standard InChI is InChI=1S/C16H26/c1-7-9-15-13(5)10-12(4)14(6)16(15)11(3)8-2/h10-11H,7-9H2,1-6H3. The third-order valence-corrected chi connectivity index (χ3v) is 3.83. The topological polar surface area (TPSA) is 0 Å². The van der Waals surface area contributed by atoms with Gasteiger partial charge in [0, 0.05) is 0 Å². The van der Waals surface area contributed by atoms with Crippen molar-refractivity contribution in [2.24, 2.45) is 0 Å². The van der Waals surface area contributed by atoms with E-state index in [0.29, 0.717) is 5.92 Å². The van der Waals surface area contributed by atoms with Gasteiger partial charge in [-0.05, 0) is 67.3 Å². The van der Waals surface area contributed by atoms with Crippen molar-refractivity contribution in [3.8, 4) is 0 Å². The van der Waals surface area contributed by atoms with Crippen molar-refractivity contribution in [3.05, 3.63) is 33.9 Å². The van der Waals surface area contributed by atoms with E-state index in [1.807, 2.05) is 0 Å². The van der Waals surface area contributed by atoms with Crippen LogP contribution < -0.4 is 0 Å². The molecule has 0 aromatic heterocycles. The Morgan fingerprint density at radius 1 is 1.06 bits per heavy atom. The summed E-state index contributed by atoms with van der Waals surface area (Å²) >= 11 is 0. The van der Waals surface area contributed by atoms with Crippen molar-refractivity contribution in [1.29, 1.82) is 0 Å². The summed E-state index contributed by atoms with van der Waals surface area (Å²) in [6.45, 7) is 13.7. The largest absolute Gasteiger partial charge is 0.0651 e. The summed E-state index contributed by atoms with van der Waals surface area (Å²) in [5.41, 5.74) is 7.69. The highest BCUT2D eigenvalue weighted by atomic mass is 14.2. The summed E-state index contributed by atoms with van der Waals surface area (Å²) in [6, 6.07) is 2.35. The van der Waals surface area contributed by atoms with Crippen LogP contribution in [0.1, 0.15) is 67.3 Å². The number of rotatable bonds is 4. The van der Waals surface area contributed by atoms with Crippen molar-refractivity contribution in [3.63, 3.8) is 0 Å². The molecule has 1 aromatic rings. The average molecular weight is 218 g/mol. The van der Waals surface area contributed by atoms with Crippen LogP contribution in [0.4, 0.5) is 0 Å². The van der Waals surface area contributed by atoms with Crippen LogP contribution in [0, 0.1) is 20.8 Å². The molecular weight excluding hydrogens is 192 g/mol. The quantitative estimate of drug-likeness (QED) is 0.661. The Bertz CT molecular complexity index is 361. The van der Waals surface area contributed by atoms with Crippen molar-refractivity contribution in [1.82, 2.24) is 0 Å². The number of hydrogen-bond donors (Lipinski definition) is 0. The Morgan fingerprint density at radius 2 is 1.69 bits per heavy atom. The van der Waals surface area contributed by atoms with E-state index in [9.17, 15) is 0 Å². The van der Waals surface area contributed by atoms with Gasteiger partial charge >= 0.3 is 0 Å². The van der Waals surface area contributed by atoms with Gasteiger partial charge in [0.15, 0.2) is 0 Å². The van der Waals surface area contributed by atoms with E-state index in [1.54, 1.807) is 11.1 Å². The van der Waals surface area contributed by atoms with Crippen LogP contribution in [0.5, 0.6) is 0 Å². The minimum atomic E-state index is 0.695. The first-order valence-corrected chi connectivity index (χ1v) is 6.62. The Kier molecular flexibility index (Phi) is 4.58. The van der Waals surface area contributed by atoms with Gasteiger partial charge in [-0.25, -0.2) is 0 Å². The van der Waals surface area contributed by atoms with E-state index in [0.717, 1.165) is 0 Å². The second kappa shape index (κ2) is 5.52. The molecule has 0 nitrogen and oxygen atoms in total. The van der Waals surface area contributed by atoms with Crippen LogP contribution in [-0.2, 0) is 6.42 Å². The van der Waals surface area contributed by atoms with Gasteiger partial charge in [0.05, 0.1) is 0 Å². The lowest BCUT2D eigenvalue weighted by Crippen LogP contribution is -2.06. The molecule has 0 saturated carbocycles. The van der Waals surface area contributed by atoms with Crippen LogP contribution in [0.25, 0.3) is 0 Å². The maximum atomic E-state index is 2.36. The SMILES string of the molecule is CCCc1c(C)cc(C)c(C)c1C(C)CC. The van der Waals surface area contributed by atoms with E-state index in [2.05, 4.69) is 47.6 Å². The Hall–Kier alpha value is -0.780. The summed E-state index contributed by atoms with van der Waals surface area (Å²) in [4.78, 5) is 0. The van der Waals surface area contributed by atoms with Gasteiger partial charge in [-0.1, -0.05) is 33.3 Å². The lowest BCUT2D eigenvalue weighted by atomic mass is 9.83. The summed E-state index contributed by atoms with van der Waals surface area (Å²) in [7, 11) is 0. The van der Waals surface area contributed by atoms with Crippen LogP contribution in [0.15, 0.2) is 6.07 Å². The van der Waals surface area contributed by atoms with Gasteiger partial charge in [0.2, 0.25) is 0 Å². The molecule has 0 radical (unpaired) electrons. The minimum Gasteiger partial charge on any atom is -0.0651 e. The maximum absolute atomic E-state index is 2.36. The Morgan fingerprint density at radius 3 is 2.19 bits per heavy atom. The number of aryl methyl sites for hydroxylation is 2. The van der Waals surface area contributed by atoms with Crippen LogP contribution in [0.3, 0.4) is 0 Å². The zero-order valence-electron chi connectivity index (χ0n) is 11.8. The van der Waals surface area contributed by atoms with E-state index in [4.69, 9.17) is 0 Å². The highest BCUT2D eigenvalue weighted by molar-refractivity contribution is 5.46. The van der Waals surface area contributed by atoms with Crippen molar-refractivity contribution >= 4 is 0 Å². The van der Waals surface area contributed by atoms with Crippen molar-refractivity contribution in [2.45, 2.75) is 66.7 Å². The second-order valence-corrected chi connectivity index (χ2v) is 5.09. The first-order chi connectivity index (χ1) is 7.52. The number of hydrogen-bond acceptors (Lipinski definition) is 0. The van der Waals surface area contributed by atoms with Crippen molar-refractivity contribution in [2.75, 3.05) is 0 Å². The molecule has 0 fully saturated rings. The van der Waals surface area contributed by atoms with E-state index in [1.165, 1.54) is 36.0 Å². The highest BCUT2D eigenvalue weighted by Crippen LogP contribution is 2.31. The summed E-state index contributed by atoms with van der Waals surface area (Å²) < 4.78 is 0. The normalized spacial score (nSPS) is 12.9. The van der Waals surface area contributed by atoms with Gasteiger partial charge in [0.25, 0.3) is 0 Å². The van der Waals surface area contributed by atoms with E-state index < -0.39 is 0 Å². The molecular formula is C16H26. The molecule has 16 heavy (non-hydrogen) atoms. The molecule has 0 amide bonds. The Balaban J connectivity index is 3.38. The molecule has 1 atom stereocenters. The fraction of sp³-hybridized carbons (Fsp3) is 0.625. The fourth-order valence-electron chi connectivity index (χ4n) is 2.62. The predicted molar refractivity (Wildman–Crippen MR) is 73.4 cm³/mol. The molecule has 0 heterocycles. The maximum Gasteiger partial charge on any atom is -0.0187 e. The predicted octanol–water partition coefficient (Wildman–Crippen LogP) is 5.08. The smallest absolute Gasteiger partial charge is 0.0187 e. The molecule has 0 saturated heterocycles. The summed E-state index contributed by atoms with van der Waals surface area (Å²) in [5, 5.41) is 0. The zero-order chi connectivity index (χ0) is 12.3. The monoisotopic (exact) mass is 218 g/mol. The molecule has 0 bridgehead atoms. The van der Waals surface area contributed by atoms with Gasteiger partial charge in [0.1, 0.15) is 0 Å². The van der Waals surface area contributed by atoms with Crippen LogP contribution in [-0.4, -0.2) is 0 Å². The first kappa shape index (κ1) is 13.3. The lowest BCUT2D eigenvalue weighted by Gasteiger charge is -2.22. The molecule has 0 aliphatic heterocycles. The molecule has 0 aliphatic rings. The summed E-state index contributed by atoms with van der Waals surface area (Å²) in [6.07, 6.45) is 3.71. The first-order valence-electron chi connectivity index (χ1n) is 6.62. The molecule has 90 valence electrons. The van der Waals surface area contributed by atoms with Gasteiger partial charge in [-0.3, -0.25) is 0 Å². The average Bonchev–Trinajstić information content (AvgIpc) is 2.25. The van der Waals surface area contributed by atoms with E-state index >= 15 is 0 Å². The van der Waals surface area contributed by atoms with Crippen molar-refractivity contribution < 1.29 is 0 Å². The lowest BCUT2D eigenvalue weighted by molar-refractivity contribution is 0.709. The van der Waals surface area contributed by atoms with E-state index in [-0.39, 0.29) is 0 Å². The molecule has 0 spiro atoms. The third kappa shape index (κ3) is 2.48. The molecule has 0 N–H and O–H groups in total. The molecule has 1 rings (SSSR count). The Labute approximate surface area is 101 Å². The molecule has 0 heteroatoms. The number of benzene rings is 1. The van der Waals surface area contributed by atoms with Gasteiger partial charge in [-0.15, -0.1) is 0 Å². The minimum absolute atomic E-state index is 0.695. The zero-order valence-corrected chi connectivity index (χ0v) is 11.8. The molecule has 0 aliphatic carbocycles. The van der Waals surface area contributed by atoms with Crippen LogP contribution in [0.2, 0.25) is 0 Å². The molecule has 1 aromatic carbocycles. The second-order valence-electron chi connectivity index (χ2n) is 5.09. The van der Waals surface area contributed by atoms with Gasteiger partial charge in [-0.2, -0.15) is 0 Å². The van der Waals surface area contributed by atoms with Gasteiger partial charge < -0.3 is 0 Å². The third-order valence-electron chi connectivity index (χ3n) is 3.83. The molecule has 1 unspecified atom stereocenters. The summed E-state index contributed by atoms with van der Waals surface area (Å²) in [5.74, 6) is 0.695. The highest BCUT2D eigenvalue weighted by Gasteiger charge is 2.15.